The Morgan fingerprint density at radius 2 is 1.69 bits per heavy atom. The first-order chi connectivity index (χ1) is 16.9. The van der Waals surface area contributed by atoms with Gasteiger partial charge in [0.1, 0.15) is 11.4 Å². The average molecular weight is 556 g/mol. The van der Waals surface area contributed by atoms with Gasteiger partial charge in [-0.2, -0.15) is 0 Å². The number of amides is 3. The first-order valence-electron chi connectivity index (χ1n) is 10.6. The van der Waals surface area contributed by atoms with Gasteiger partial charge in [-0.05, 0) is 67.6 Å². The quantitative estimate of drug-likeness (QED) is 0.277. The number of para-hydroxylation sites is 2. The fourth-order valence-corrected chi connectivity index (χ4v) is 3.83. The SMILES string of the molecule is CCOc1ccccc1NC(=O)C(=O)Nn1c(C(=O)Nc2ccc(Br)cc2)cc2cc(Cl)ccc21. The van der Waals surface area contributed by atoms with Crippen LogP contribution >= 0.6 is 27.5 Å². The molecule has 178 valence electrons. The van der Waals surface area contributed by atoms with Crippen LogP contribution in [-0.2, 0) is 9.59 Å². The third-order valence-corrected chi connectivity index (χ3v) is 5.72. The van der Waals surface area contributed by atoms with Crippen LogP contribution in [0.2, 0.25) is 5.02 Å². The van der Waals surface area contributed by atoms with E-state index in [-0.39, 0.29) is 5.69 Å². The van der Waals surface area contributed by atoms with Gasteiger partial charge in [-0.1, -0.05) is 39.7 Å². The van der Waals surface area contributed by atoms with E-state index in [2.05, 4.69) is 32.0 Å². The lowest BCUT2D eigenvalue weighted by molar-refractivity contribution is -0.133. The summed E-state index contributed by atoms with van der Waals surface area (Å²) in [5.74, 6) is -1.94. The van der Waals surface area contributed by atoms with Gasteiger partial charge in [0, 0.05) is 20.6 Å². The molecule has 0 fully saturated rings. The zero-order chi connectivity index (χ0) is 24.9. The molecule has 1 aromatic heterocycles. The smallest absolute Gasteiger partial charge is 0.328 e. The molecule has 10 heteroatoms. The molecule has 3 N–H and O–H groups in total. The van der Waals surface area contributed by atoms with Gasteiger partial charge in [-0.15, -0.1) is 0 Å². The molecule has 8 nitrogen and oxygen atoms in total. The maximum Gasteiger partial charge on any atom is 0.328 e. The lowest BCUT2D eigenvalue weighted by Gasteiger charge is -2.14. The summed E-state index contributed by atoms with van der Waals surface area (Å²) in [5.41, 5.74) is 4.03. The molecular formula is C25H20BrClN4O4. The average Bonchev–Trinajstić information content (AvgIpc) is 3.19. The molecule has 0 radical (unpaired) electrons. The molecular weight excluding hydrogens is 536 g/mol. The van der Waals surface area contributed by atoms with Crippen LogP contribution in [0, 0.1) is 0 Å². The second-order valence-electron chi connectivity index (χ2n) is 7.35. The second-order valence-corrected chi connectivity index (χ2v) is 8.71. The van der Waals surface area contributed by atoms with Crippen LogP contribution in [0.1, 0.15) is 17.4 Å². The minimum absolute atomic E-state index is 0.112. The van der Waals surface area contributed by atoms with Gasteiger partial charge in [-0.3, -0.25) is 19.8 Å². The van der Waals surface area contributed by atoms with Crippen LogP contribution in [0.5, 0.6) is 5.75 Å². The standard InChI is InChI=1S/C25H20BrClN4O4/c1-2-35-22-6-4-3-5-19(22)29-24(33)25(34)30-31-20-12-9-17(27)13-15(20)14-21(31)23(32)28-18-10-7-16(26)8-11-18/h3-14H,2H2,1H3,(H,28,32)(H,29,33)(H,30,34). The summed E-state index contributed by atoms with van der Waals surface area (Å²) in [4.78, 5) is 38.6. The first kappa shape index (κ1) is 24.3. The molecule has 0 unspecified atom stereocenters. The van der Waals surface area contributed by atoms with Crippen molar-refractivity contribution < 1.29 is 19.1 Å². The minimum atomic E-state index is -0.971. The van der Waals surface area contributed by atoms with Gasteiger partial charge in [0.15, 0.2) is 0 Å². The molecule has 0 aliphatic heterocycles. The largest absolute Gasteiger partial charge is 0.492 e. The highest BCUT2D eigenvalue weighted by atomic mass is 79.9. The van der Waals surface area contributed by atoms with Crippen molar-refractivity contribution in [3.8, 4) is 5.75 Å². The van der Waals surface area contributed by atoms with Crippen molar-refractivity contribution in [2.75, 3.05) is 22.7 Å². The zero-order valence-electron chi connectivity index (χ0n) is 18.5. The molecule has 0 saturated heterocycles. The monoisotopic (exact) mass is 554 g/mol. The number of nitrogens with one attached hydrogen (secondary N) is 3. The number of halogens is 2. The molecule has 0 bridgehead atoms. The fraction of sp³-hybridized carbons (Fsp3) is 0.0800. The Labute approximate surface area is 214 Å². The summed E-state index contributed by atoms with van der Waals surface area (Å²) >= 11 is 9.47. The van der Waals surface area contributed by atoms with Crippen molar-refractivity contribution in [1.82, 2.24) is 4.68 Å². The molecule has 0 spiro atoms. The van der Waals surface area contributed by atoms with Gasteiger partial charge < -0.3 is 15.4 Å². The first-order valence-corrected chi connectivity index (χ1v) is 11.7. The molecule has 3 aromatic carbocycles. The van der Waals surface area contributed by atoms with Gasteiger partial charge in [0.25, 0.3) is 5.91 Å². The summed E-state index contributed by atoms with van der Waals surface area (Å²) in [7, 11) is 0. The highest BCUT2D eigenvalue weighted by molar-refractivity contribution is 9.10. The second kappa shape index (κ2) is 10.6. The number of rotatable bonds is 6. The zero-order valence-corrected chi connectivity index (χ0v) is 20.8. The number of hydrogen-bond acceptors (Lipinski definition) is 4. The predicted octanol–water partition coefficient (Wildman–Crippen LogP) is 5.42. The van der Waals surface area contributed by atoms with Crippen molar-refractivity contribution in [2.24, 2.45) is 0 Å². The normalized spacial score (nSPS) is 10.6. The number of hydrogen-bond donors (Lipinski definition) is 3. The van der Waals surface area contributed by atoms with Crippen LogP contribution < -0.4 is 20.8 Å². The van der Waals surface area contributed by atoms with Gasteiger partial charge >= 0.3 is 11.8 Å². The summed E-state index contributed by atoms with van der Waals surface area (Å²) < 4.78 is 7.61. The van der Waals surface area contributed by atoms with E-state index in [9.17, 15) is 14.4 Å². The molecule has 0 saturated carbocycles. The molecule has 35 heavy (non-hydrogen) atoms. The van der Waals surface area contributed by atoms with E-state index >= 15 is 0 Å². The predicted molar refractivity (Wildman–Crippen MR) is 140 cm³/mol. The summed E-state index contributed by atoms with van der Waals surface area (Å²) in [6.45, 7) is 2.21. The number of nitrogens with zero attached hydrogens (tertiary/aromatic N) is 1. The van der Waals surface area contributed by atoms with E-state index in [1.54, 1.807) is 72.8 Å². The fourth-order valence-electron chi connectivity index (χ4n) is 3.38. The lowest BCUT2D eigenvalue weighted by Crippen LogP contribution is -2.36. The van der Waals surface area contributed by atoms with E-state index in [1.165, 1.54) is 4.68 Å². The van der Waals surface area contributed by atoms with Crippen molar-refractivity contribution in [2.45, 2.75) is 6.92 Å². The van der Waals surface area contributed by atoms with E-state index in [0.717, 1.165) is 4.47 Å². The maximum atomic E-state index is 13.1. The summed E-state index contributed by atoms with van der Waals surface area (Å²) in [5, 5.41) is 6.40. The van der Waals surface area contributed by atoms with Crippen LogP contribution in [0.3, 0.4) is 0 Å². The van der Waals surface area contributed by atoms with Crippen LogP contribution in [0.4, 0.5) is 11.4 Å². The third-order valence-electron chi connectivity index (χ3n) is 4.95. The van der Waals surface area contributed by atoms with E-state index in [1.807, 2.05) is 6.92 Å². The highest BCUT2D eigenvalue weighted by Gasteiger charge is 2.22. The number of ether oxygens (including phenoxy) is 1. The maximum absolute atomic E-state index is 13.1. The Morgan fingerprint density at radius 1 is 0.943 bits per heavy atom. The molecule has 0 aliphatic carbocycles. The lowest BCUT2D eigenvalue weighted by atomic mass is 10.2. The number of benzene rings is 3. The molecule has 3 amide bonds. The van der Waals surface area contributed by atoms with Gasteiger partial charge in [-0.25, -0.2) is 4.68 Å². The number of anilines is 2. The Balaban J connectivity index is 1.61. The molecule has 0 atom stereocenters. The van der Waals surface area contributed by atoms with Gasteiger partial charge in [0.2, 0.25) is 0 Å². The van der Waals surface area contributed by atoms with Crippen molar-refractivity contribution >= 4 is 67.5 Å². The van der Waals surface area contributed by atoms with E-state index < -0.39 is 17.7 Å². The van der Waals surface area contributed by atoms with E-state index in [4.69, 9.17) is 16.3 Å². The Hall–Kier alpha value is -3.82. The number of fused-ring (bicyclic) bond motifs is 1. The van der Waals surface area contributed by atoms with Crippen molar-refractivity contribution in [3.63, 3.8) is 0 Å². The topological polar surface area (TPSA) is 101 Å². The van der Waals surface area contributed by atoms with Crippen LogP contribution in [-0.4, -0.2) is 29.0 Å². The highest BCUT2D eigenvalue weighted by Crippen LogP contribution is 2.25. The third kappa shape index (κ3) is 5.64. The summed E-state index contributed by atoms with van der Waals surface area (Å²) in [6, 6.07) is 20.3. The number of carbonyl (C=O) groups is 3. The van der Waals surface area contributed by atoms with Crippen molar-refractivity contribution in [3.05, 3.63) is 88.0 Å². The molecule has 0 aliphatic rings. The van der Waals surface area contributed by atoms with Crippen LogP contribution in [0.15, 0.2) is 77.3 Å². The van der Waals surface area contributed by atoms with Crippen molar-refractivity contribution in [1.29, 1.82) is 0 Å². The minimum Gasteiger partial charge on any atom is -0.492 e. The number of carbonyl (C=O) groups excluding carboxylic acids is 3. The number of aromatic nitrogens is 1. The Bertz CT molecular complexity index is 1420. The van der Waals surface area contributed by atoms with Gasteiger partial charge in [0.05, 0.1) is 17.8 Å². The molecule has 1 heterocycles. The van der Waals surface area contributed by atoms with E-state index in [0.29, 0.717) is 39.7 Å². The Morgan fingerprint density at radius 3 is 2.43 bits per heavy atom. The summed E-state index contributed by atoms with van der Waals surface area (Å²) in [6.07, 6.45) is 0. The molecule has 4 aromatic rings. The van der Waals surface area contributed by atoms with Crippen LogP contribution in [0.25, 0.3) is 10.9 Å². The molecule has 4 rings (SSSR count). The Kier molecular flexibility index (Phi) is 7.38.